The van der Waals surface area contributed by atoms with Crippen LogP contribution in [-0.4, -0.2) is 37.0 Å². The fourth-order valence-electron chi connectivity index (χ4n) is 2.66. The molecule has 0 spiro atoms. The Bertz CT molecular complexity index is 1140. The quantitative estimate of drug-likeness (QED) is 0.493. The van der Waals surface area contributed by atoms with Gasteiger partial charge in [-0.2, -0.15) is 0 Å². The highest BCUT2D eigenvalue weighted by molar-refractivity contribution is 7.90. The first-order valence-electron chi connectivity index (χ1n) is 7.76. The van der Waals surface area contributed by atoms with Gasteiger partial charge in [0.05, 0.1) is 18.5 Å². The molecule has 6 nitrogen and oxygen atoms in total. The summed E-state index contributed by atoms with van der Waals surface area (Å²) >= 11 is 1.59. The van der Waals surface area contributed by atoms with E-state index in [9.17, 15) is 13.2 Å². The Kier molecular flexibility index (Phi) is 4.72. The van der Waals surface area contributed by atoms with Crippen LogP contribution in [0, 0.1) is 13.8 Å². The molecule has 1 aromatic carbocycles. The molecular weight excluding hydrogens is 372 g/mol. The van der Waals surface area contributed by atoms with Crippen LogP contribution in [0.25, 0.3) is 11.0 Å². The van der Waals surface area contributed by atoms with Gasteiger partial charge in [-0.25, -0.2) is 13.4 Å². The Morgan fingerprint density at radius 3 is 2.69 bits per heavy atom. The lowest BCUT2D eigenvalue weighted by molar-refractivity contribution is 0.104. The maximum atomic E-state index is 12.5. The zero-order valence-corrected chi connectivity index (χ0v) is 16.4. The zero-order chi connectivity index (χ0) is 19.1. The van der Waals surface area contributed by atoms with E-state index in [2.05, 4.69) is 4.98 Å². The lowest BCUT2D eigenvalue weighted by atomic mass is 10.1. The lowest BCUT2D eigenvalue weighted by Crippen LogP contribution is -2.03. The third-order valence-corrected chi connectivity index (χ3v) is 5.94. The van der Waals surface area contributed by atoms with Crippen LogP contribution >= 0.6 is 11.3 Å². The first-order valence-corrected chi connectivity index (χ1v) is 10.5. The summed E-state index contributed by atoms with van der Waals surface area (Å²) < 4.78 is 30.6. The van der Waals surface area contributed by atoms with E-state index in [-0.39, 0.29) is 16.4 Å². The van der Waals surface area contributed by atoms with Crippen molar-refractivity contribution in [2.75, 3.05) is 13.4 Å². The third-order valence-electron chi connectivity index (χ3n) is 3.90. The molecule has 0 fully saturated rings. The van der Waals surface area contributed by atoms with Crippen molar-refractivity contribution in [3.8, 4) is 5.75 Å². The summed E-state index contributed by atoms with van der Waals surface area (Å²) in [6.07, 6.45) is 6.26. The number of aryl methyl sites for hydroxylation is 2. The number of nitrogens with zero attached hydrogens (tertiary/aromatic N) is 2. The molecule has 3 rings (SSSR count). The first kappa shape index (κ1) is 18.3. The number of ketones is 1. The van der Waals surface area contributed by atoms with Crippen LogP contribution in [-0.2, 0) is 9.84 Å². The van der Waals surface area contributed by atoms with Crippen LogP contribution in [0.4, 0.5) is 0 Å². The van der Waals surface area contributed by atoms with Crippen molar-refractivity contribution in [3.05, 3.63) is 52.3 Å². The molecule has 0 radical (unpaired) electrons. The van der Waals surface area contributed by atoms with E-state index in [0.717, 1.165) is 27.5 Å². The minimum atomic E-state index is -3.43. The molecule has 26 heavy (non-hydrogen) atoms. The number of methoxy groups -OCH3 is 1. The number of sulfone groups is 1. The summed E-state index contributed by atoms with van der Waals surface area (Å²) in [5, 5.41) is 0. The number of carbonyl (C=O) groups excluding carboxylic acids is 1. The number of hydrogen-bond donors (Lipinski definition) is 0. The largest absolute Gasteiger partial charge is 0.495 e. The molecule has 2 aromatic heterocycles. The molecule has 0 atom stereocenters. The molecule has 0 saturated carbocycles. The average Bonchev–Trinajstić information content (AvgIpc) is 3.06. The summed E-state index contributed by atoms with van der Waals surface area (Å²) in [5.74, 6) is -0.0900. The van der Waals surface area contributed by atoms with Crippen molar-refractivity contribution in [1.29, 1.82) is 0 Å². The molecule has 3 aromatic rings. The monoisotopic (exact) mass is 390 g/mol. The molecule has 136 valence electrons. The van der Waals surface area contributed by atoms with Crippen LogP contribution < -0.4 is 4.74 Å². The van der Waals surface area contributed by atoms with Gasteiger partial charge in [0, 0.05) is 22.9 Å². The van der Waals surface area contributed by atoms with Gasteiger partial charge in [0.25, 0.3) is 0 Å². The Labute approximate surface area is 155 Å². The van der Waals surface area contributed by atoms with E-state index in [4.69, 9.17) is 4.74 Å². The van der Waals surface area contributed by atoms with Crippen molar-refractivity contribution in [2.45, 2.75) is 18.7 Å². The van der Waals surface area contributed by atoms with E-state index in [1.807, 2.05) is 24.4 Å². The molecule has 0 N–H and O–H groups in total. The molecule has 0 aliphatic rings. The van der Waals surface area contributed by atoms with Crippen molar-refractivity contribution in [3.63, 3.8) is 0 Å². The highest BCUT2D eigenvalue weighted by atomic mass is 32.2. The molecule has 8 heteroatoms. The van der Waals surface area contributed by atoms with E-state index < -0.39 is 9.84 Å². The van der Waals surface area contributed by atoms with E-state index in [0.29, 0.717) is 5.56 Å². The van der Waals surface area contributed by atoms with Gasteiger partial charge < -0.3 is 4.74 Å². The summed E-state index contributed by atoms with van der Waals surface area (Å²) in [6.45, 7) is 3.89. The van der Waals surface area contributed by atoms with Crippen LogP contribution in [0.5, 0.6) is 5.75 Å². The Hall–Kier alpha value is -2.45. The van der Waals surface area contributed by atoms with Crippen molar-refractivity contribution in [2.24, 2.45) is 0 Å². The topological polar surface area (TPSA) is 77.7 Å². The second kappa shape index (κ2) is 6.69. The highest BCUT2D eigenvalue weighted by Crippen LogP contribution is 2.26. The highest BCUT2D eigenvalue weighted by Gasteiger charge is 2.16. The Balaban J connectivity index is 1.94. The van der Waals surface area contributed by atoms with E-state index >= 15 is 0 Å². The fraction of sp³-hybridized carbons (Fsp3) is 0.222. The Morgan fingerprint density at radius 1 is 1.31 bits per heavy atom. The van der Waals surface area contributed by atoms with E-state index in [1.54, 1.807) is 17.4 Å². The number of aromatic nitrogens is 2. The van der Waals surface area contributed by atoms with Gasteiger partial charge in [-0.1, -0.05) is 0 Å². The summed E-state index contributed by atoms with van der Waals surface area (Å²) in [7, 11) is -2.05. The Morgan fingerprint density at radius 2 is 2.04 bits per heavy atom. The molecule has 0 aliphatic carbocycles. The average molecular weight is 390 g/mol. The second-order valence-corrected chi connectivity index (χ2v) is 9.11. The minimum Gasteiger partial charge on any atom is -0.495 e. The van der Waals surface area contributed by atoms with Gasteiger partial charge in [-0.3, -0.25) is 9.20 Å². The van der Waals surface area contributed by atoms with Crippen molar-refractivity contribution in [1.82, 2.24) is 9.38 Å². The number of imidazole rings is 1. The van der Waals surface area contributed by atoms with Crippen LogP contribution in [0.15, 0.2) is 35.4 Å². The van der Waals surface area contributed by atoms with Gasteiger partial charge in [0.2, 0.25) is 0 Å². The summed E-state index contributed by atoms with van der Waals surface area (Å²) in [6, 6.07) is 4.32. The third kappa shape index (κ3) is 3.42. The number of ether oxygens (including phenoxy) is 1. The molecule has 0 saturated heterocycles. The number of carbonyl (C=O) groups is 1. The normalized spacial score (nSPS) is 12.2. The summed E-state index contributed by atoms with van der Waals surface area (Å²) in [5.41, 5.74) is 2.04. The number of benzene rings is 1. The van der Waals surface area contributed by atoms with E-state index in [1.165, 1.54) is 31.4 Å². The molecule has 0 unspecified atom stereocenters. The number of rotatable bonds is 5. The predicted octanol–water partition coefficient (Wildman–Crippen LogP) is 3.32. The summed E-state index contributed by atoms with van der Waals surface area (Å²) in [4.78, 5) is 19.1. The molecule has 2 heterocycles. The smallest absolute Gasteiger partial charge is 0.194 e. The number of fused-ring (bicyclic) bond motifs is 1. The molecule has 0 bridgehead atoms. The van der Waals surface area contributed by atoms with Crippen molar-refractivity contribution >= 4 is 38.0 Å². The van der Waals surface area contributed by atoms with Gasteiger partial charge in [0.1, 0.15) is 10.6 Å². The van der Waals surface area contributed by atoms with Crippen LogP contribution in [0.2, 0.25) is 0 Å². The maximum Gasteiger partial charge on any atom is 0.194 e. The van der Waals surface area contributed by atoms with Gasteiger partial charge in [-0.15, -0.1) is 11.3 Å². The molecule has 0 aliphatic heterocycles. The fourth-order valence-corrected chi connectivity index (χ4v) is 4.36. The molecule has 0 amide bonds. The van der Waals surface area contributed by atoms with Crippen LogP contribution in [0.1, 0.15) is 26.6 Å². The maximum absolute atomic E-state index is 12.5. The second-order valence-electron chi connectivity index (χ2n) is 5.91. The standard InChI is InChI=1S/C18H18N2O4S2/c1-11-10-20-14(12(2)19-18(20)25-11)6-7-15(21)13-5-8-17(26(4,22)23)16(9-13)24-3/h5-10H,1-4H3/b7-6-. The van der Waals surface area contributed by atoms with Crippen LogP contribution in [0.3, 0.4) is 0 Å². The van der Waals surface area contributed by atoms with Gasteiger partial charge >= 0.3 is 0 Å². The first-order chi connectivity index (χ1) is 12.2. The molecular formula is C18H18N2O4S2. The lowest BCUT2D eigenvalue weighted by Gasteiger charge is -2.08. The van der Waals surface area contributed by atoms with Crippen molar-refractivity contribution < 1.29 is 17.9 Å². The number of allylic oxidation sites excluding steroid dienone is 1. The number of thiazole rings is 1. The predicted molar refractivity (Wildman–Crippen MR) is 102 cm³/mol. The van der Waals surface area contributed by atoms with Gasteiger partial charge in [0.15, 0.2) is 20.6 Å². The SMILES string of the molecule is COc1cc(C(=O)/C=C\c2c(C)nc3sc(C)cn23)ccc1S(C)(=O)=O. The number of hydrogen-bond acceptors (Lipinski definition) is 6. The minimum absolute atomic E-state index is 0.0580. The zero-order valence-electron chi connectivity index (χ0n) is 14.8. The van der Waals surface area contributed by atoms with Gasteiger partial charge in [-0.05, 0) is 44.2 Å².